The van der Waals surface area contributed by atoms with E-state index in [1.165, 1.54) is 0 Å². The summed E-state index contributed by atoms with van der Waals surface area (Å²) in [7, 11) is 4.00. The molecule has 1 amide bonds. The fourth-order valence-electron chi connectivity index (χ4n) is 3.22. The number of fused-ring (bicyclic) bond motifs is 1. The second-order valence-corrected chi connectivity index (χ2v) is 6.69. The monoisotopic (exact) mass is 315 g/mol. The molecule has 2 aromatic rings. The highest BCUT2D eigenvalue weighted by Crippen LogP contribution is 2.27. The predicted molar refractivity (Wildman–Crippen MR) is 91.5 cm³/mol. The molecule has 5 heteroatoms. The van der Waals surface area contributed by atoms with Gasteiger partial charge in [0.1, 0.15) is 5.58 Å². The maximum absolute atomic E-state index is 12.8. The Morgan fingerprint density at radius 3 is 2.91 bits per heavy atom. The summed E-state index contributed by atoms with van der Waals surface area (Å²) in [6.45, 7) is 4.73. The number of piperidine rings is 1. The predicted octanol–water partition coefficient (Wildman–Crippen LogP) is 2.22. The van der Waals surface area contributed by atoms with Crippen molar-refractivity contribution in [1.29, 1.82) is 0 Å². The van der Waals surface area contributed by atoms with Gasteiger partial charge < -0.3 is 20.0 Å². The highest BCUT2D eigenvalue weighted by molar-refractivity contribution is 5.99. The second-order valence-electron chi connectivity index (χ2n) is 6.69. The maximum atomic E-state index is 12.8. The third-order valence-electron chi connectivity index (χ3n) is 4.48. The minimum Gasteiger partial charge on any atom is -0.451 e. The van der Waals surface area contributed by atoms with Crippen molar-refractivity contribution in [2.24, 2.45) is 5.92 Å². The fraction of sp³-hybridized carbons (Fsp3) is 0.500. The highest BCUT2D eigenvalue weighted by Gasteiger charge is 2.26. The van der Waals surface area contributed by atoms with Crippen molar-refractivity contribution in [2.45, 2.75) is 25.9 Å². The molecule has 5 nitrogen and oxygen atoms in total. The van der Waals surface area contributed by atoms with Crippen LogP contribution in [0.25, 0.3) is 11.0 Å². The summed E-state index contributed by atoms with van der Waals surface area (Å²) < 4.78 is 5.88. The molecule has 0 radical (unpaired) electrons. The number of amides is 1. The van der Waals surface area contributed by atoms with E-state index in [9.17, 15) is 4.79 Å². The Morgan fingerprint density at radius 2 is 2.17 bits per heavy atom. The van der Waals surface area contributed by atoms with E-state index in [0.29, 0.717) is 18.2 Å². The molecule has 1 saturated heterocycles. The smallest absolute Gasteiger partial charge is 0.287 e. The molecule has 3 rings (SSSR count). The van der Waals surface area contributed by atoms with Gasteiger partial charge in [-0.05, 0) is 45.6 Å². The normalized spacial score (nSPS) is 21.7. The van der Waals surface area contributed by atoms with Gasteiger partial charge in [0.05, 0.1) is 0 Å². The van der Waals surface area contributed by atoms with Crippen molar-refractivity contribution in [3.8, 4) is 0 Å². The van der Waals surface area contributed by atoms with Crippen LogP contribution in [0.1, 0.15) is 29.5 Å². The maximum Gasteiger partial charge on any atom is 0.287 e. The Labute approximate surface area is 137 Å². The van der Waals surface area contributed by atoms with E-state index < -0.39 is 0 Å². The molecular weight excluding hydrogens is 290 g/mol. The van der Waals surface area contributed by atoms with Crippen LogP contribution < -0.4 is 10.6 Å². The number of nitrogens with zero attached hydrogens (tertiary/aromatic N) is 1. The molecule has 23 heavy (non-hydrogen) atoms. The zero-order valence-corrected chi connectivity index (χ0v) is 14.1. The molecule has 124 valence electrons. The van der Waals surface area contributed by atoms with E-state index in [1.807, 2.05) is 38.4 Å². The Hall–Kier alpha value is -1.85. The molecule has 1 aromatic heterocycles. The number of hydrogen-bond donors (Lipinski definition) is 2. The van der Waals surface area contributed by atoms with E-state index >= 15 is 0 Å². The van der Waals surface area contributed by atoms with Crippen LogP contribution in [0.3, 0.4) is 0 Å². The summed E-state index contributed by atoms with van der Waals surface area (Å²) in [6, 6.07) is 8.04. The van der Waals surface area contributed by atoms with Crippen LogP contribution in [0.5, 0.6) is 0 Å². The molecule has 2 N–H and O–H groups in total. The number of carbonyl (C=O) groups excluding carboxylic acids is 1. The number of hydrogen-bond acceptors (Lipinski definition) is 4. The van der Waals surface area contributed by atoms with Crippen LogP contribution in [0.2, 0.25) is 0 Å². The topological polar surface area (TPSA) is 57.5 Å². The molecular formula is C18H25N3O2. The van der Waals surface area contributed by atoms with Crippen LogP contribution in [0, 0.1) is 5.92 Å². The second kappa shape index (κ2) is 6.72. The highest BCUT2D eigenvalue weighted by atomic mass is 16.3. The van der Waals surface area contributed by atoms with Crippen LogP contribution in [0.15, 0.2) is 28.7 Å². The van der Waals surface area contributed by atoms with Gasteiger partial charge in [0, 0.05) is 23.5 Å². The molecule has 1 aliphatic rings. The van der Waals surface area contributed by atoms with Crippen molar-refractivity contribution < 1.29 is 9.21 Å². The first kappa shape index (κ1) is 16.0. The minimum atomic E-state index is -0.100. The lowest BCUT2D eigenvalue weighted by molar-refractivity contribution is 0.0886. The zero-order valence-electron chi connectivity index (χ0n) is 14.1. The first-order chi connectivity index (χ1) is 11.1. The molecule has 0 aliphatic carbocycles. The average molecular weight is 315 g/mol. The van der Waals surface area contributed by atoms with Gasteiger partial charge in [0.2, 0.25) is 0 Å². The van der Waals surface area contributed by atoms with Crippen LogP contribution in [-0.4, -0.2) is 44.0 Å². The van der Waals surface area contributed by atoms with Gasteiger partial charge in [-0.15, -0.1) is 0 Å². The summed E-state index contributed by atoms with van der Waals surface area (Å²) in [5, 5.41) is 7.54. The Balaban J connectivity index is 1.89. The van der Waals surface area contributed by atoms with Gasteiger partial charge in [0.25, 0.3) is 5.91 Å². The van der Waals surface area contributed by atoms with Gasteiger partial charge in [-0.25, -0.2) is 0 Å². The summed E-state index contributed by atoms with van der Waals surface area (Å²) in [6.07, 6.45) is 0.955. The number of benzene rings is 1. The molecule has 2 atom stereocenters. The molecule has 1 fully saturated rings. The van der Waals surface area contributed by atoms with E-state index in [-0.39, 0.29) is 11.9 Å². The Morgan fingerprint density at radius 1 is 1.39 bits per heavy atom. The fourth-order valence-corrected chi connectivity index (χ4v) is 3.22. The summed E-state index contributed by atoms with van der Waals surface area (Å²) in [5.41, 5.74) is 1.73. The molecule has 1 aromatic carbocycles. The molecule has 0 spiro atoms. The van der Waals surface area contributed by atoms with Crippen molar-refractivity contribution in [3.63, 3.8) is 0 Å². The van der Waals surface area contributed by atoms with Crippen molar-refractivity contribution >= 4 is 16.9 Å². The Kier molecular flexibility index (Phi) is 4.68. The standard InChI is InChI=1S/C18H25N3O2/c1-12-10-19-9-8-15(12)20-18(22)17-14(11-21(2)3)13-6-4-5-7-16(13)23-17/h4-7,12,15,19H,8-11H2,1-3H3,(H,20,22). The quantitative estimate of drug-likeness (QED) is 0.908. The molecule has 0 bridgehead atoms. The van der Waals surface area contributed by atoms with Gasteiger partial charge >= 0.3 is 0 Å². The van der Waals surface area contributed by atoms with Crippen LogP contribution in [-0.2, 0) is 6.54 Å². The molecule has 0 saturated carbocycles. The molecule has 2 heterocycles. The Bertz CT molecular complexity index is 693. The largest absolute Gasteiger partial charge is 0.451 e. The van der Waals surface area contributed by atoms with Gasteiger partial charge in [-0.3, -0.25) is 4.79 Å². The van der Waals surface area contributed by atoms with Crippen molar-refractivity contribution in [1.82, 2.24) is 15.5 Å². The first-order valence-corrected chi connectivity index (χ1v) is 8.23. The number of rotatable bonds is 4. The van der Waals surface area contributed by atoms with Crippen LogP contribution in [0.4, 0.5) is 0 Å². The molecule has 2 unspecified atom stereocenters. The lowest BCUT2D eigenvalue weighted by atomic mass is 9.95. The van der Waals surface area contributed by atoms with Crippen LogP contribution >= 0.6 is 0 Å². The summed E-state index contributed by atoms with van der Waals surface area (Å²) in [5.74, 6) is 0.775. The molecule has 1 aliphatic heterocycles. The third kappa shape index (κ3) is 3.41. The van der Waals surface area contributed by atoms with E-state index in [4.69, 9.17) is 4.42 Å². The van der Waals surface area contributed by atoms with Crippen molar-refractivity contribution in [3.05, 3.63) is 35.6 Å². The SMILES string of the molecule is CC1CNCCC1NC(=O)c1oc2ccccc2c1CN(C)C. The summed E-state index contributed by atoms with van der Waals surface area (Å²) >= 11 is 0. The van der Waals surface area contributed by atoms with E-state index in [0.717, 1.165) is 36.0 Å². The number of carbonyl (C=O) groups is 1. The summed E-state index contributed by atoms with van der Waals surface area (Å²) in [4.78, 5) is 14.8. The third-order valence-corrected chi connectivity index (χ3v) is 4.48. The average Bonchev–Trinajstić information content (AvgIpc) is 2.88. The van der Waals surface area contributed by atoms with Gasteiger partial charge in [0.15, 0.2) is 5.76 Å². The van der Waals surface area contributed by atoms with Gasteiger partial charge in [-0.2, -0.15) is 0 Å². The van der Waals surface area contributed by atoms with Gasteiger partial charge in [-0.1, -0.05) is 25.1 Å². The number of furan rings is 1. The first-order valence-electron chi connectivity index (χ1n) is 8.23. The lowest BCUT2D eigenvalue weighted by Crippen LogP contribution is -2.48. The van der Waals surface area contributed by atoms with Crippen molar-refractivity contribution in [2.75, 3.05) is 27.2 Å². The zero-order chi connectivity index (χ0) is 16.4. The number of nitrogens with one attached hydrogen (secondary N) is 2. The minimum absolute atomic E-state index is 0.100. The van der Waals surface area contributed by atoms with E-state index in [2.05, 4.69) is 22.5 Å². The lowest BCUT2D eigenvalue weighted by Gasteiger charge is -2.30. The number of para-hydroxylation sites is 1. The van der Waals surface area contributed by atoms with E-state index in [1.54, 1.807) is 0 Å².